The number of unbranched alkanes of at least 4 members (excludes halogenated alkanes) is 3. The van der Waals surface area contributed by atoms with Gasteiger partial charge in [0, 0.05) is 144 Å². The number of hydrogen-bond acceptors (Lipinski definition) is 24. The molecule has 5 fully saturated rings. The minimum absolute atomic E-state index is 0.00997. The number of likely N-dealkylation sites (tertiary alicyclic amines) is 1. The summed E-state index contributed by atoms with van der Waals surface area (Å²) in [7, 11) is 3.27. The third-order valence-corrected chi connectivity index (χ3v) is 30.8. The fraction of sp³-hybridized carbons (Fsp3) is 0.575. The molecule has 4 aromatic carbocycles. The third-order valence-electron chi connectivity index (χ3n) is 29.8. The number of amides is 11. The molecule has 0 aliphatic carbocycles. The van der Waals surface area contributed by atoms with Crippen molar-refractivity contribution < 1.29 is 115 Å². The number of allylic oxidation sites excluding steroid dienone is 6. The van der Waals surface area contributed by atoms with Crippen LogP contribution in [0.4, 0.5) is 32.3 Å². The molecule has 4 aromatic rings. The number of carbonyl (C=O) groups is 16. The largest absolute Gasteiger partial charge is 0.459 e. The lowest BCUT2D eigenvalue weighted by molar-refractivity contribution is -0.155. The fourth-order valence-electron chi connectivity index (χ4n) is 19.8. The van der Waals surface area contributed by atoms with Gasteiger partial charge in [-0.3, -0.25) is 73.1 Å². The number of carbonyl (C=O) groups excluding carboxylic acids is 16. The van der Waals surface area contributed by atoms with Crippen LogP contribution in [0.1, 0.15) is 260 Å². The predicted octanol–water partition coefficient (Wildman–Crippen LogP) is 15.4. The second kappa shape index (κ2) is 52.8. The molecular weight excluding hydrogens is 1950 g/mol. The van der Waals surface area contributed by atoms with Crippen LogP contribution in [-0.2, 0) is 121 Å². The highest BCUT2D eigenvalue weighted by molar-refractivity contribution is 6.35. The van der Waals surface area contributed by atoms with E-state index in [4.69, 9.17) is 51.6 Å². The van der Waals surface area contributed by atoms with Crippen LogP contribution < -0.4 is 47.0 Å². The molecule has 11 amide bonds. The number of hydrogen-bond donors (Lipinski definition) is 9. The maximum Gasteiger partial charge on any atom is 0.409 e. The van der Waals surface area contributed by atoms with Gasteiger partial charge in [-0.2, -0.15) is 0 Å². The van der Waals surface area contributed by atoms with Crippen molar-refractivity contribution in [1.29, 1.82) is 0 Å². The van der Waals surface area contributed by atoms with Crippen LogP contribution in [0.2, 0.25) is 10.0 Å². The Morgan fingerprint density at radius 3 is 1.39 bits per heavy atom. The van der Waals surface area contributed by atoms with Gasteiger partial charge in [0.1, 0.15) is 76.5 Å². The molecule has 7 aliphatic heterocycles. The molecule has 149 heavy (non-hydrogen) atoms. The SMILES string of the molecule is CC(=O)CC(CCC(=O)C(C)C)C(=O)NC(C)C(=O)Nc1ccc(CCCCCC(=O)O[C@H]2CC(=O)N(C)c3cc(cc(C)c3Cl)C/C(C)=C/C=C/[C@@H](C)[C@@]3(O)C[C@H](OC(=O)N3)[C@@H](C)[C@@H]3O[C@@]23C)cc1.CC(=O)CC(CCCCNC(=O)CCN1C(=O)CC(C(C)C)C1=O)C(=O)NC(C)C(=O)Nc1ccc(CCC(=O)O[C@H]2CC(=O)N(C)c3cc(cc(C)c3Cl)C/C(C)=C/C=C/[C@@H](C)[C@@]3(O)C[C@H](OC(=O)N3)[C@@H](C)[C@@H]3O[C@@]23C)cc1. The van der Waals surface area contributed by atoms with Crippen LogP contribution in [-0.4, -0.2) is 208 Å². The number of aryl methyl sites for hydroxylation is 4. The monoisotopic (exact) mass is 2100 g/mol. The van der Waals surface area contributed by atoms with Crippen molar-refractivity contribution in [2.24, 2.45) is 53.3 Å². The van der Waals surface area contributed by atoms with Crippen molar-refractivity contribution in [2.75, 3.05) is 47.6 Å². The summed E-state index contributed by atoms with van der Waals surface area (Å²) in [5.41, 5.74) is 3.72. The number of Topliss-reactive ketones (excluding diaryl/α,β-unsaturated/α-hetero) is 3. The summed E-state index contributed by atoms with van der Waals surface area (Å²) in [6.07, 6.45) is 10.6. The molecule has 0 aromatic heterocycles. The molecule has 7 aliphatic rings. The summed E-state index contributed by atoms with van der Waals surface area (Å²) in [4.78, 5) is 212. The Bertz CT molecular complexity index is 5720. The Labute approximate surface area is 884 Å². The van der Waals surface area contributed by atoms with E-state index in [0.717, 1.165) is 55.8 Å². The number of ether oxygens (including phenoxy) is 6. The van der Waals surface area contributed by atoms with Gasteiger partial charge in [-0.25, -0.2) is 9.59 Å². The van der Waals surface area contributed by atoms with Gasteiger partial charge >= 0.3 is 24.1 Å². The van der Waals surface area contributed by atoms with E-state index in [2.05, 4.69) is 37.2 Å². The summed E-state index contributed by atoms with van der Waals surface area (Å²) in [5, 5.41) is 43.4. The number of aliphatic hydroxyl groups is 2. The van der Waals surface area contributed by atoms with E-state index in [1.165, 1.54) is 30.6 Å². The van der Waals surface area contributed by atoms with Crippen molar-refractivity contribution in [3.05, 3.63) is 164 Å². The molecule has 5 saturated heterocycles. The van der Waals surface area contributed by atoms with Gasteiger partial charge in [0.2, 0.25) is 53.2 Å². The number of imide groups is 1. The number of rotatable bonds is 36. The molecule has 0 saturated carbocycles. The average molecular weight is 2110 g/mol. The molecule has 0 radical (unpaired) electrons. The van der Waals surface area contributed by atoms with Crippen LogP contribution in [0.15, 0.2) is 120 Å². The first-order valence-corrected chi connectivity index (χ1v) is 52.8. The van der Waals surface area contributed by atoms with Gasteiger partial charge in [-0.1, -0.05) is 175 Å². The summed E-state index contributed by atoms with van der Waals surface area (Å²) in [6.45, 7) is 32.1. The van der Waals surface area contributed by atoms with Gasteiger partial charge in [0.15, 0.2) is 0 Å². The molecular formula is C113H152Cl2N10O24. The predicted molar refractivity (Wildman–Crippen MR) is 564 cm³/mol. The molecule has 5 unspecified atom stereocenters. The highest BCUT2D eigenvalue weighted by Crippen LogP contribution is 2.52. The molecule has 36 heteroatoms. The quantitative estimate of drug-likeness (QED) is 0.00671. The molecule has 11 rings (SSSR count). The van der Waals surface area contributed by atoms with Crippen LogP contribution >= 0.6 is 23.2 Å². The normalized spacial score (nSPS) is 27.0. The van der Waals surface area contributed by atoms with E-state index in [0.29, 0.717) is 90.7 Å². The Hall–Kier alpha value is -11.8. The van der Waals surface area contributed by atoms with E-state index in [1.54, 1.807) is 85.1 Å². The number of nitrogens with one attached hydrogen (secondary N) is 7. The van der Waals surface area contributed by atoms with E-state index in [1.807, 2.05) is 142 Å². The number of fused-ring (bicyclic) bond motifs is 10. The maximum atomic E-state index is 14.3. The topological polar surface area (TPSA) is 469 Å². The Morgan fingerprint density at radius 2 is 0.960 bits per heavy atom. The molecule has 7 heterocycles. The summed E-state index contributed by atoms with van der Waals surface area (Å²) >= 11 is 13.6. The first kappa shape index (κ1) is 119. The molecule has 19 atom stereocenters. The lowest BCUT2D eigenvalue weighted by Gasteiger charge is -2.41. The number of esters is 2. The molecule has 0 spiro atoms. The number of ketones is 3. The Balaban J connectivity index is 0.000000307. The zero-order chi connectivity index (χ0) is 110. The van der Waals surface area contributed by atoms with Gasteiger partial charge in [-0.05, 0) is 203 Å². The number of anilines is 4. The summed E-state index contributed by atoms with van der Waals surface area (Å²) < 4.78 is 36.4. The van der Waals surface area contributed by atoms with Crippen molar-refractivity contribution in [3.63, 3.8) is 0 Å². The molecule has 34 nitrogen and oxygen atoms in total. The minimum Gasteiger partial charge on any atom is -0.459 e. The van der Waals surface area contributed by atoms with Crippen molar-refractivity contribution >= 4 is 141 Å². The van der Waals surface area contributed by atoms with E-state index in [9.17, 15) is 86.9 Å². The van der Waals surface area contributed by atoms with Crippen LogP contribution in [0.25, 0.3) is 0 Å². The van der Waals surface area contributed by atoms with Crippen LogP contribution in [0.5, 0.6) is 0 Å². The standard InChI is InChI=1S/C59H79ClN6O13.C54H73ClN4O11/c1-33(2)44-30-50(70)66(56(44)74)25-23-48(68)61-24-12-11-16-42(28-37(6)67)55(73)62-39(8)54(72)63-43-20-17-40(18-21-43)19-22-51(71)78-47-31-49(69)65(10)45-29-41(27-35(4)52(45)60)26-34(3)14-13-15-36(5)59(76)32-46(77-57(75)64-59)38(7)53-58(47,9)79-53;1-31(2)43(61)24-21-40(27-35(6)60)51(65)56-37(8)50(64)57-41-22-19-38(20-23-41)17-12-11-13-18-47(63)69-45-29-46(62)59(10)42-28-39(26-33(4)48(42)55)25-32(3)15-14-16-34(5)54(67)30-44(68-52(66)58-54)36(7)49-53(45,9)70-49/h13-15,17-18,20-21,27,29,33,36,38-39,42,44,46-47,53,76H,11-12,16,19,22-26,28,30-32H2,1-10H3,(H,61,68)(H,62,73)(H,63,72)(H,64,75);14-16,19-20,22-23,26,28,31,34,36-37,40,44-45,49,67H,11-13,17-18,21,24-25,27,29-30H2,1-10H3,(H,56,65)(H,57,64)(H,58,66)/b15-13+,34-14+;16-14+,32-15+/t36-,38-,39?,42?,44?,46+,47+,53+,58+,59+;34-,36-,37?,40?,44+,45+,49+,53+,54+/m11/s1. The summed E-state index contributed by atoms with van der Waals surface area (Å²) in [6, 6.07) is 20.0. The Kier molecular flexibility index (Phi) is 42.2. The molecule has 8 bridgehead atoms. The lowest BCUT2D eigenvalue weighted by atomic mass is 9.82. The molecule has 812 valence electrons. The minimum atomic E-state index is -1.63. The van der Waals surface area contributed by atoms with Gasteiger partial charge in [0.05, 0.1) is 46.5 Å². The van der Waals surface area contributed by atoms with Crippen molar-refractivity contribution in [2.45, 2.75) is 337 Å². The first-order valence-electron chi connectivity index (χ1n) is 52.1. The van der Waals surface area contributed by atoms with E-state index < -0.39 is 155 Å². The average Bonchev–Trinajstić information content (AvgIpc) is 1.57. The Morgan fingerprint density at radius 1 is 0.523 bits per heavy atom. The zero-order valence-electron chi connectivity index (χ0n) is 89.7. The van der Waals surface area contributed by atoms with E-state index in [-0.39, 0.29) is 155 Å². The highest BCUT2D eigenvalue weighted by Gasteiger charge is 2.66. The highest BCUT2D eigenvalue weighted by atomic mass is 35.5. The van der Waals surface area contributed by atoms with Crippen LogP contribution in [0, 0.1) is 67.1 Å². The second-order valence-electron chi connectivity index (χ2n) is 42.8. The second-order valence-corrected chi connectivity index (χ2v) is 43.6. The number of nitrogens with zero attached hydrogens (tertiary/aromatic N) is 3. The van der Waals surface area contributed by atoms with Gasteiger partial charge in [0.25, 0.3) is 0 Å². The number of epoxide rings is 2. The first-order chi connectivity index (χ1) is 70.1. The fourth-order valence-corrected chi connectivity index (χ4v) is 20.3. The maximum absolute atomic E-state index is 14.3. The lowest BCUT2D eigenvalue weighted by Crippen LogP contribution is -2.60. The van der Waals surface area contributed by atoms with E-state index >= 15 is 0 Å². The van der Waals surface area contributed by atoms with Crippen molar-refractivity contribution in [3.8, 4) is 0 Å². The molecule has 9 N–H and O–H groups in total. The van der Waals surface area contributed by atoms with Crippen LogP contribution in [0.3, 0.4) is 0 Å². The van der Waals surface area contributed by atoms with Gasteiger partial charge < -0.3 is 84.6 Å². The van der Waals surface area contributed by atoms with Gasteiger partial charge in [-0.15, -0.1) is 0 Å². The smallest absolute Gasteiger partial charge is 0.409 e. The van der Waals surface area contributed by atoms with Crippen molar-refractivity contribution in [1.82, 2.24) is 31.5 Å². The number of halogens is 2. The third kappa shape index (κ3) is 32.9. The zero-order valence-corrected chi connectivity index (χ0v) is 91.2. The summed E-state index contributed by atoms with van der Waals surface area (Å²) in [5.74, 6) is -8.60. The number of alkyl carbamates (subject to hydrolysis) is 2. The number of benzene rings is 4.